The number of hydrogen-bond donors (Lipinski definition) is 1. The second-order valence-electron chi connectivity index (χ2n) is 8.68. The summed E-state index contributed by atoms with van der Waals surface area (Å²) < 4.78 is 1.69. The number of anilines is 1. The SMILES string of the molecule is Cc1cccc(-c2csc(NC(=O)C(C)Sc3nc4ccccc4c(=O)n3CCCN(C)C)n2)c1. The van der Waals surface area contributed by atoms with E-state index in [0.29, 0.717) is 27.7 Å². The number of nitrogens with one attached hydrogen (secondary N) is 1. The number of thioether (sulfide) groups is 1. The number of amides is 1. The molecular weight excluding hydrogens is 478 g/mol. The van der Waals surface area contributed by atoms with E-state index in [2.05, 4.69) is 21.3 Å². The third-order valence-electron chi connectivity index (χ3n) is 5.51. The highest BCUT2D eigenvalue weighted by Crippen LogP contribution is 2.27. The van der Waals surface area contributed by atoms with Gasteiger partial charge in [0.25, 0.3) is 5.56 Å². The molecule has 0 bridgehead atoms. The molecule has 2 heterocycles. The van der Waals surface area contributed by atoms with E-state index in [1.54, 1.807) is 10.6 Å². The molecular formula is C26H29N5O2S2. The van der Waals surface area contributed by atoms with E-state index < -0.39 is 5.25 Å². The molecule has 0 saturated heterocycles. The van der Waals surface area contributed by atoms with Crippen molar-refractivity contribution in [2.75, 3.05) is 26.0 Å². The first kappa shape index (κ1) is 25.1. The molecule has 35 heavy (non-hydrogen) atoms. The van der Waals surface area contributed by atoms with Gasteiger partial charge in [0.05, 0.1) is 21.8 Å². The average Bonchev–Trinajstić information content (AvgIpc) is 3.29. The Hall–Kier alpha value is -3.01. The Bertz CT molecular complexity index is 1400. The average molecular weight is 508 g/mol. The number of aromatic nitrogens is 3. The Labute approximate surface area is 213 Å². The fourth-order valence-electron chi connectivity index (χ4n) is 3.67. The molecule has 4 rings (SSSR count). The molecule has 1 amide bonds. The summed E-state index contributed by atoms with van der Waals surface area (Å²) in [5.41, 5.74) is 3.57. The summed E-state index contributed by atoms with van der Waals surface area (Å²) in [6, 6.07) is 15.5. The third-order valence-corrected chi connectivity index (χ3v) is 7.36. The molecule has 0 aliphatic carbocycles. The maximum atomic E-state index is 13.2. The minimum absolute atomic E-state index is 0.0767. The fourth-order valence-corrected chi connectivity index (χ4v) is 5.32. The van der Waals surface area contributed by atoms with Gasteiger partial charge in [-0.25, -0.2) is 9.97 Å². The van der Waals surface area contributed by atoms with Crippen molar-refractivity contribution in [1.82, 2.24) is 19.4 Å². The predicted molar refractivity (Wildman–Crippen MR) is 145 cm³/mol. The number of nitrogens with zero attached hydrogens (tertiary/aromatic N) is 4. The third kappa shape index (κ3) is 6.17. The Kier molecular flexibility index (Phi) is 8.00. The summed E-state index contributed by atoms with van der Waals surface area (Å²) in [4.78, 5) is 37.6. The van der Waals surface area contributed by atoms with Crippen LogP contribution >= 0.6 is 23.1 Å². The molecule has 0 radical (unpaired) electrons. The van der Waals surface area contributed by atoms with Crippen LogP contribution in [0.3, 0.4) is 0 Å². The molecule has 2 aromatic heterocycles. The molecule has 7 nitrogen and oxygen atoms in total. The van der Waals surface area contributed by atoms with Gasteiger partial charge in [0.2, 0.25) is 5.91 Å². The van der Waals surface area contributed by atoms with Crippen LogP contribution in [0.5, 0.6) is 0 Å². The zero-order chi connectivity index (χ0) is 24.9. The van der Waals surface area contributed by atoms with Crippen LogP contribution in [0.15, 0.2) is 63.9 Å². The van der Waals surface area contributed by atoms with E-state index in [1.807, 2.05) is 69.7 Å². The highest BCUT2D eigenvalue weighted by Gasteiger charge is 2.20. The van der Waals surface area contributed by atoms with Crippen LogP contribution in [0, 0.1) is 6.92 Å². The standard InChI is InChI=1S/C26H29N5O2S2/c1-17-9-7-10-19(15-17)22-16-34-25(27-22)29-23(32)18(2)35-26-28-21-12-6-5-11-20(21)24(33)31(26)14-8-13-30(3)4/h5-7,9-12,15-16,18H,8,13-14H2,1-4H3,(H,27,29,32). The van der Waals surface area contributed by atoms with Crippen molar-refractivity contribution in [1.29, 1.82) is 0 Å². The highest BCUT2D eigenvalue weighted by atomic mass is 32.2. The lowest BCUT2D eigenvalue weighted by molar-refractivity contribution is -0.115. The Morgan fingerprint density at radius 2 is 1.97 bits per heavy atom. The van der Waals surface area contributed by atoms with E-state index in [9.17, 15) is 9.59 Å². The normalized spacial score (nSPS) is 12.3. The second kappa shape index (κ2) is 11.2. The molecule has 1 unspecified atom stereocenters. The summed E-state index contributed by atoms with van der Waals surface area (Å²) >= 11 is 2.69. The first-order valence-electron chi connectivity index (χ1n) is 11.5. The van der Waals surface area contributed by atoms with Crippen molar-refractivity contribution < 1.29 is 4.79 Å². The molecule has 4 aromatic rings. The van der Waals surface area contributed by atoms with Crippen molar-refractivity contribution in [2.24, 2.45) is 0 Å². The van der Waals surface area contributed by atoms with E-state index in [1.165, 1.54) is 23.1 Å². The maximum Gasteiger partial charge on any atom is 0.262 e. The molecule has 182 valence electrons. The van der Waals surface area contributed by atoms with Gasteiger partial charge >= 0.3 is 0 Å². The number of carbonyl (C=O) groups is 1. The summed E-state index contributed by atoms with van der Waals surface area (Å²) in [6.07, 6.45) is 0.807. The van der Waals surface area contributed by atoms with Gasteiger partial charge in [-0.2, -0.15) is 0 Å². The molecule has 1 atom stereocenters. The highest BCUT2D eigenvalue weighted by molar-refractivity contribution is 8.00. The monoisotopic (exact) mass is 507 g/mol. The summed E-state index contributed by atoms with van der Waals surface area (Å²) in [5, 5.41) is 6.09. The number of rotatable bonds is 9. The number of carbonyl (C=O) groups excluding carboxylic acids is 1. The molecule has 0 spiro atoms. The van der Waals surface area contributed by atoms with Gasteiger partial charge in [-0.05, 0) is 59.1 Å². The quantitative estimate of drug-likeness (QED) is 0.256. The number of benzene rings is 2. The van der Waals surface area contributed by atoms with Crippen LogP contribution in [-0.2, 0) is 11.3 Å². The number of hydrogen-bond acceptors (Lipinski definition) is 7. The van der Waals surface area contributed by atoms with Crippen LogP contribution in [-0.4, -0.2) is 51.2 Å². The lowest BCUT2D eigenvalue weighted by atomic mass is 10.1. The van der Waals surface area contributed by atoms with Gasteiger partial charge in [0, 0.05) is 17.5 Å². The molecule has 0 aliphatic rings. The van der Waals surface area contributed by atoms with Gasteiger partial charge in [0.1, 0.15) is 0 Å². The lowest BCUT2D eigenvalue weighted by Crippen LogP contribution is -2.28. The van der Waals surface area contributed by atoms with Gasteiger partial charge in [-0.3, -0.25) is 14.2 Å². The van der Waals surface area contributed by atoms with Crippen molar-refractivity contribution in [3.63, 3.8) is 0 Å². The van der Waals surface area contributed by atoms with Crippen molar-refractivity contribution >= 4 is 45.0 Å². The number of aryl methyl sites for hydroxylation is 1. The lowest BCUT2D eigenvalue weighted by Gasteiger charge is -2.17. The van der Waals surface area contributed by atoms with Crippen LogP contribution in [0.25, 0.3) is 22.2 Å². The summed E-state index contributed by atoms with van der Waals surface area (Å²) in [5.74, 6) is -0.178. The predicted octanol–water partition coefficient (Wildman–Crippen LogP) is 4.90. The first-order chi connectivity index (χ1) is 16.8. The molecule has 1 N–H and O–H groups in total. The Morgan fingerprint density at radius 3 is 2.74 bits per heavy atom. The zero-order valence-corrected chi connectivity index (χ0v) is 21.9. The summed E-state index contributed by atoms with van der Waals surface area (Å²) in [7, 11) is 4.01. The van der Waals surface area contributed by atoms with E-state index in [4.69, 9.17) is 4.98 Å². The van der Waals surface area contributed by atoms with Gasteiger partial charge < -0.3 is 10.2 Å². The zero-order valence-electron chi connectivity index (χ0n) is 20.3. The molecule has 0 fully saturated rings. The van der Waals surface area contributed by atoms with Crippen molar-refractivity contribution in [2.45, 2.75) is 37.2 Å². The van der Waals surface area contributed by atoms with Crippen LogP contribution in [0.2, 0.25) is 0 Å². The first-order valence-corrected chi connectivity index (χ1v) is 13.2. The van der Waals surface area contributed by atoms with Crippen LogP contribution < -0.4 is 10.9 Å². The van der Waals surface area contributed by atoms with E-state index in [-0.39, 0.29) is 11.5 Å². The van der Waals surface area contributed by atoms with E-state index in [0.717, 1.165) is 29.8 Å². The molecule has 2 aromatic carbocycles. The molecule has 9 heteroatoms. The summed E-state index contributed by atoms with van der Waals surface area (Å²) in [6.45, 7) is 5.25. The van der Waals surface area contributed by atoms with Crippen LogP contribution in [0.4, 0.5) is 5.13 Å². The largest absolute Gasteiger partial charge is 0.309 e. The van der Waals surface area contributed by atoms with Gasteiger partial charge in [0.15, 0.2) is 10.3 Å². The second-order valence-corrected chi connectivity index (χ2v) is 10.8. The Balaban J connectivity index is 1.52. The number of para-hydroxylation sites is 1. The smallest absolute Gasteiger partial charge is 0.262 e. The number of thiazole rings is 1. The maximum absolute atomic E-state index is 13.2. The fraction of sp³-hybridized carbons (Fsp3) is 0.308. The van der Waals surface area contributed by atoms with Crippen molar-refractivity contribution in [3.8, 4) is 11.3 Å². The van der Waals surface area contributed by atoms with Crippen LogP contribution in [0.1, 0.15) is 18.9 Å². The van der Waals surface area contributed by atoms with Gasteiger partial charge in [-0.15, -0.1) is 11.3 Å². The Morgan fingerprint density at radius 1 is 1.17 bits per heavy atom. The minimum atomic E-state index is -0.463. The minimum Gasteiger partial charge on any atom is -0.309 e. The molecule has 0 saturated carbocycles. The van der Waals surface area contributed by atoms with Gasteiger partial charge in [-0.1, -0.05) is 47.7 Å². The van der Waals surface area contributed by atoms with E-state index >= 15 is 0 Å². The topological polar surface area (TPSA) is 80.1 Å². The molecule has 0 aliphatic heterocycles. The number of fused-ring (bicyclic) bond motifs is 1. The van der Waals surface area contributed by atoms with Crippen molar-refractivity contribution in [3.05, 3.63) is 69.8 Å².